The first-order valence-corrected chi connectivity index (χ1v) is 8.39. The van der Waals surface area contributed by atoms with Gasteiger partial charge in [-0.25, -0.2) is 18.7 Å². The molecule has 0 radical (unpaired) electrons. The monoisotopic (exact) mass is 413 g/mol. The standard InChI is InChI=1S/C18H16F5N5O/c1-10-4-11(12-7-25-28(8-12)9-15(29)18(21,22)23)6-13(5-10)26-17-24-3-2-14(27-17)16(19)20/h2-8,15-16,29H,9H2,1H3,(H,24,26,27). The molecule has 3 rings (SSSR count). The molecule has 0 saturated carbocycles. The summed E-state index contributed by atoms with van der Waals surface area (Å²) in [6, 6.07) is 6.29. The molecule has 11 heteroatoms. The molecule has 0 amide bonds. The third-order valence-corrected chi connectivity index (χ3v) is 3.94. The molecule has 0 saturated heterocycles. The maximum atomic E-state index is 12.8. The Bertz CT molecular complexity index is 989. The van der Waals surface area contributed by atoms with Gasteiger partial charge in [-0.05, 0) is 36.2 Å². The van der Waals surface area contributed by atoms with E-state index in [1.165, 1.54) is 18.6 Å². The number of benzene rings is 1. The Balaban J connectivity index is 1.82. The lowest BCUT2D eigenvalue weighted by molar-refractivity contribution is -0.208. The van der Waals surface area contributed by atoms with Crippen molar-refractivity contribution < 1.29 is 27.1 Å². The summed E-state index contributed by atoms with van der Waals surface area (Å²) >= 11 is 0. The lowest BCUT2D eigenvalue weighted by Crippen LogP contribution is -2.32. The number of aromatic nitrogens is 4. The van der Waals surface area contributed by atoms with Gasteiger partial charge < -0.3 is 10.4 Å². The molecule has 154 valence electrons. The molecule has 6 nitrogen and oxygen atoms in total. The number of aliphatic hydroxyl groups excluding tert-OH is 1. The van der Waals surface area contributed by atoms with Crippen LogP contribution in [-0.4, -0.2) is 37.1 Å². The predicted octanol–water partition coefficient (Wildman–Crippen LogP) is 4.25. The van der Waals surface area contributed by atoms with E-state index in [0.717, 1.165) is 16.3 Å². The van der Waals surface area contributed by atoms with Crippen LogP contribution in [0.2, 0.25) is 0 Å². The molecule has 3 aromatic rings. The number of halogens is 5. The topological polar surface area (TPSA) is 75.9 Å². The summed E-state index contributed by atoms with van der Waals surface area (Å²) in [4.78, 5) is 7.64. The molecule has 0 spiro atoms. The van der Waals surface area contributed by atoms with E-state index in [2.05, 4.69) is 20.4 Å². The van der Waals surface area contributed by atoms with E-state index in [9.17, 15) is 22.0 Å². The van der Waals surface area contributed by atoms with Gasteiger partial charge in [0.25, 0.3) is 6.43 Å². The summed E-state index contributed by atoms with van der Waals surface area (Å²) in [6.07, 6.45) is -6.03. The molecule has 1 atom stereocenters. The number of aryl methyl sites for hydroxylation is 1. The number of anilines is 2. The van der Waals surface area contributed by atoms with Crippen molar-refractivity contribution in [3.8, 4) is 11.1 Å². The lowest BCUT2D eigenvalue weighted by atomic mass is 10.1. The molecule has 0 aliphatic heterocycles. The van der Waals surface area contributed by atoms with Gasteiger partial charge in [-0.3, -0.25) is 4.68 Å². The Morgan fingerprint density at radius 3 is 2.62 bits per heavy atom. The van der Waals surface area contributed by atoms with Gasteiger partial charge in [-0.2, -0.15) is 18.3 Å². The first-order valence-electron chi connectivity index (χ1n) is 8.39. The van der Waals surface area contributed by atoms with Gasteiger partial charge in [0.15, 0.2) is 6.10 Å². The highest BCUT2D eigenvalue weighted by molar-refractivity contribution is 5.70. The number of nitrogens with zero attached hydrogens (tertiary/aromatic N) is 4. The summed E-state index contributed by atoms with van der Waals surface area (Å²) in [7, 11) is 0. The Morgan fingerprint density at radius 2 is 1.93 bits per heavy atom. The zero-order valence-corrected chi connectivity index (χ0v) is 15.0. The fraction of sp³-hybridized carbons (Fsp3) is 0.278. The third-order valence-electron chi connectivity index (χ3n) is 3.94. The first kappa shape index (κ1) is 20.6. The second-order valence-electron chi connectivity index (χ2n) is 6.33. The highest BCUT2D eigenvalue weighted by Gasteiger charge is 2.38. The highest BCUT2D eigenvalue weighted by atomic mass is 19.4. The normalized spacial score (nSPS) is 13.0. The summed E-state index contributed by atoms with van der Waals surface area (Å²) in [5.41, 5.74) is 2.05. The number of aliphatic hydroxyl groups is 1. The van der Waals surface area contributed by atoms with Gasteiger partial charge in [0.2, 0.25) is 5.95 Å². The number of nitrogens with one attached hydrogen (secondary N) is 1. The van der Waals surface area contributed by atoms with Crippen molar-refractivity contribution in [3.05, 3.63) is 54.1 Å². The van der Waals surface area contributed by atoms with Crippen molar-refractivity contribution in [1.29, 1.82) is 0 Å². The quantitative estimate of drug-likeness (QED) is 0.591. The zero-order chi connectivity index (χ0) is 21.2. The fourth-order valence-corrected chi connectivity index (χ4v) is 2.60. The van der Waals surface area contributed by atoms with Crippen LogP contribution in [0.1, 0.15) is 17.7 Å². The average Bonchev–Trinajstić information content (AvgIpc) is 3.09. The minimum atomic E-state index is -4.74. The summed E-state index contributed by atoms with van der Waals surface area (Å²) in [5, 5.41) is 15.9. The molecule has 0 aliphatic carbocycles. The highest BCUT2D eigenvalue weighted by Crippen LogP contribution is 2.27. The van der Waals surface area contributed by atoms with Crippen molar-refractivity contribution in [2.45, 2.75) is 32.2 Å². The predicted molar refractivity (Wildman–Crippen MR) is 94.7 cm³/mol. The van der Waals surface area contributed by atoms with Gasteiger partial charge in [0.05, 0.1) is 12.7 Å². The van der Waals surface area contributed by atoms with Crippen LogP contribution >= 0.6 is 0 Å². The molecule has 2 N–H and O–H groups in total. The van der Waals surface area contributed by atoms with E-state index in [4.69, 9.17) is 5.11 Å². The molecule has 0 bridgehead atoms. The van der Waals surface area contributed by atoms with E-state index in [1.807, 2.05) is 0 Å². The molecule has 1 aromatic carbocycles. The molecule has 2 aromatic heterocycles. The number of rotatable bonds is 6. The summed E-state index contributed by atoms with van der Waals surface area (Å²) < 4.78 is 64.1. The van der Waals surface area contributed by atoms with Crippen molar-refractivity contribution in [2.24, 2.45) is 0 Å². The van der Waals surface area contributed by atoms with Crippen LogP contribution in [-0.2, 0) is 6.54 Å². The van der Waals surface area contributed by atoms with Gasteiger partial charge in [0.1, 0.15) is 5.69 Å². The SMILES string of the molecule is Cc1cc(Nc2nccc(C(F)F)n2)cc(-c2cnn(CC(O)C(F)(F)F)c2)c1. The van der Waals surface area contributed by atoms with Crippen LogP contribution in [0.5, 0.6) is 0 Å². The Hall–Kier alpha value is -3.08. The molecule has 0 aliphatic rings. The zero-order valence-electron chi connectivity index (χ0n) is 15.0. The molecule has 29 heavy (non-hydrogen) atoms. The maximum Gasteiger partial charge on any atom is 0.416 e. The number of hydrogen-bond acceptors (Lipinski definition) is 5. The van der Waals surface area contributed by atoms with Gasteiger partial charge in [0, 0.05) is 23.6 Å². The summed E-state index contributed by atoms with van der Waals surface area (Å²) in [6.45, 7) is 1.07. The minimum Gasteiger partial charge on any atom is -0.382 e. The van der Waals surface area contributed by atoms with Gasteiger partial charge >= 0.3 is 6.18 Å². The molecule has 2 heterocycles. The molecule has 1 unspecified atom stereocenters. The Morgan fingerprint density at radius 1 is 1.17 bits per heavy atom. The van der Waals surface area contributed by atoms with E-state index in [1.54, 1.807) is 25.1 Å². The maximum absolute atomic E-state index is 12.8. The van der Waals surface area contributed by atoms with Crippen molar-refractivity contribution in [2.75, 3.05) is 5.32 Å². The van der Waals surface area contributed by atoms with E-state index >= 15 is 0 Å². The lowest BCUT2D eigenvalue weighted by Gasteiger charge is -2.14. The molecular weight excluding hydrogens is 397 g/mol. The average molecular weight is 413 g/mol. The van der Waals surface area contributed by atoms with Crippen molar-refractivity contribution >= 4 is 11.6 Å². The van der Waals surface area contributed by atoms with Crippen molar-refractivity contribution in [3.63, 3.8) is 0 Å². The van der Waals surface area contributed by atoms with Gasteiger partial charge in [-0.15, -0.1) is 0 Å². The molecular formula is C18H16F5N5O. The second-order valence-corrected chi connectivity index (χ2v) is 6.33. The van der Waals surface area contributed by atoms with Crippen LogP contribution in [0.4, 0.5) is 33.6 Å². The Kier molecular flexibility index (Phi) is 5.78. The van der Waals surface area contributed by atoms with Crippen LogP contribution in [0.25, 0.3) is 11.1 Å². The minimum absolute atomic E-state index is 0.0108. The van der Waals surface area contributed by atoms with Gasteiger partial charge in [-0.1, -0.05) is 6.07 Å². The van der Waals surface area contributed by atoms with Crippen LogP contribution < -0.4 is 5.32 Å². The van der Waals surface area contributed by atoms with E-state index < -0.39 is 30.9 Å². The largest absolute Gasteiger partial charge is 0.416 e. The fourth-order valence-electron chi connectivity index (χ4n) is 2.60. The Labute approximate surface area is 162 Å². The molecule has 0 fully saturated rings. The number of alkyl halides is 5. The van der Waals surface area contributed by atoms with Crippen LogP contribution in [0.15, 0.2) is 42.9 Å². The van der Waals surface area contributed by atoms with Crippen molar-refractivity contribution in [1.82, 2.24) is 19.7 Å². The van der Waals surface area contributed by atoms with Crippen LogP contribution in [0.3, 0.4) is 0 Å². The second kappa shape index (κ2) is 8.11. The van der Waals surface area contributed by atoms with Crippen LogP contribution in [0, 0.1) is 6.92 Å². The number of hydrogen-bond donors (Lipinski definition) is 2. The smallest absolute Gasteiger partial charge is 0.382 e. The van der Waals surface area contributed by atoms with E-state index in [-0.39, 0.29) is 5.95 Å². The first-order chi connectivity index (χ1) is 13.6. The summed E-state index contributed by atoms with van der Waals surface area (Å²) in [5.74, 6) is -0.0108. The van der Waals surface area contributed by atoms with E-state index in [0.29, 0.717) is 16.8 Å². The third kappa shape index (κ3) is 5.25.